The lowest BCUT2D eigenvalue weighted by Crippen LogP contribution is -2.15. The first-order valence-corrected chi connectivity index (χ1v) is 5.52. The molecule has 0 heterocycles. The van der Waals surface area contributed by atoms with Gasteiger partial charge in [0.25, 0.3) is 0 Å². The maximum atomic E-state index is 4.21. The van der Waals surface area contributed by atoms with Gasteiger partial charge in [0, 0.05) is 0 Å². The highest BCUT2D eigenvalue weighted by atomic mass is 14.3. The third-order valence-corrected chi connectivity index (χ3v) is 3.53. The van der Waals surface area contributed by atoms with Crippen LogP contribution in [0, 0.1) is 0 Å². The molecule has 0 aliphatic heterocycles. The van der Waals surface area contributed by atoms with E-state index in [1.54, 1.807) is 5.57 Å². The molecule has 0 saturated carbocycles. The Morgan fingerprint density at radius 2 is 2.13 bits per heavy atom. The van der Waals surface area contributed by atoms with Crippen LogP contribution in [-0.2, 0) is 0 Å². The fourth-order valence-corrected chi connectivity index (χ4v) is 2.71. The molecule has 2 aliphatic carbocycles. The summed E-state index contributed by atoms with van der Waals surface area (Å²) in [5.41, 5.74) is 5.42. The van der Waals surface area contributed by atoms with Gasteiger partial charge in [-0.25, -0.2) is 0 Å². The normalized spacial score (nSPS) is 25.9. The van der Waals surface area contributed by atoms with Gasteiger partial charge in [0.05, 0.1) is 0 Å². The minimum atomic E-state index is 0.144. The highest BCUT2D eigenvalue weighted by Crippen LogP contribution is 2.53. The van der Waals surface area contributed by atoms with Crippen molar-refractivity contribution < 1.29 is 0 Å². The first-order chi connectivity index (χ1) is 7.09. The molecule has 0 bridgehead atoms. The van der Waals surface area contributed by atoms with Gasteiger partial charge in [0.2, 0.25) is 0 Å². The lowest BCUT2D eigenvalue weighted by Gasteiger charge is -2.25. The van der Waals surface area contributed by atoms with Crippen molar-refractivity contribution >= 4 is 15.7 Å². The Labute approximate surface area is 94.0 Å². The van der Waals surface area contributed by atoms with E-state index < -0.39 is 0 Å². The molecule has 0 aromatic heterocycles. The van der Waals surface area contributed by atoms with Gasteiger partial charge < -0.3 is 0 Å². The van der Waals surface area contributed by atoms with Crippen LogP contribution in [0.1, 0.15) is 12.8 Å². The monoisotopic (exact) mass is 194 g/mol. The summed E-state index contributed by atoms with van der Waals surface area (Å²) in [6.45, 7) is 8.00. The summed E-state index contributed by atoms with van der Waals surface area (Å²) in [6, 6.07) is 0. The van der Waals surface area contributed by atoms with Gasteiger partial charge in [-0.1, -0.05) is 43.0 Å². The minimum Gasteiger partial charge on any atom is -0.0991 e. The molecule has 74 valence electrons. The highest BCUT2D eigenvalue weighted by Gasteiger charge is 2.37. The lowest BCUT2D eigenvalue weighted by atomic mass is 9.48. The summed E-state index contributed by atoms with van der Waals surface area (Å²) in [5.74, 6) is 0. The van der Waals surface area contributed by atoms with Gasteiger partial charge in [0.15, 0.2) is 0 Å². The van der Waals surface area contributed by atoms with Crippen molar-refractivity contribution in [2.75, 3.05) is 0 Å². The Kier molecular flexibility index (Phi) is 2.38. The predicted octanol–water partition coefficient (Wildman–Crippen LogP) is 1.70. The van der Waals surface area contributed by atoms with Gasteiger partial charge in [-0.3, -0.25) is 0 Å². The standard InChI is InChI=1S/C13H16B2/c1-3-6-11-9(2)10-7-4-5-8-12(10)13(11,14)15/h3-4,6-7H,1-2,5,8,14-15H2/b11-6+. The first-order valence-electron chi connectivity index (χ1n) is 5.52. The van der Waals surface area contributed by atoms with E-state index in [9.17, 15) is 0 Å². The second-order valence-corrected chi connectivity index (χ2v) is 4.75. The molecule has 0 fully saturated rings. The molecule has 0 atom stereocenters. The van der Waals surface area contributed by atoms with Crippen molar-refractivity contribution in [2.45, 2.75) is 18.1 Å². The summed E-state index contributed by atoms with van der Waals surface area (Å²) < 4.78 is 0. The molecule has 0 spiro atoms. The number of hydrogen-bond acceptors (Lipinski definition) is 0. The molecule has 0 saturated heterocycles. The molecule has 0 aromatic carbocycles. The van der Waals surface area contributed by atoms with Crippen LogP contribution in [0.25, 0.3) is 0 Å². The SMILES string of the molecule is BC1(B)C2=C(C=CCC2)C(=C)/C1=C\C=C. The number of rotatable bonds is 1. The molecule has 0 radical (unpaired) electrons. The fourth-order valence-electron chi connectivity index (χ4n) is 2.71. The zero-order valence-corrected chi connectivity index (χ0v) is 9.64. The van der Waals surface area contributed by atoms with E-state index in [4.69, 9.17) is 0 Å². The van der Waals surface area contributed by atoms with Crippen LogP contribution < -0.4 is 0 Å². The van der Waals surface area contributed by atoms with E-state index in [0.29, 0.717) is 0 Å². The Morgan fingerprint density at radius 3 is 2.73 bits per heavy atom. The van der Waals surface area contributed by atoms with Crippen LogP contribution in [0.2, 0.25) is 5.21 Å². The van der Waals surface area contributed by atoms with E-state index in [2.05, 4.69) is 47.1 Å². The Bertz CT molecular complexity index is 420. The summed E-state index contributed by atoms with van der Waals surface area (Å²) in [7, 11) is 4.57. The topological polar surface area (TPSA) is 0 Å². The second-order valence-electron chi connectivity index (χ2n) is 4.75. The van der Waals surface area contributed by atoms with Crippen LogP contribution in [0.15, 0.2) is 59.8 Å². The van der Waals surface area contributed by atoms with Crippen molar-refractivity contribution in [3.8, 4) is 0 Å². The zero-order chi connectivity index (χ0) is 11.1. The third-order valence-electron chi connectivity index (χ3n) is 3.53. The average Bonchev–Trinajstić information content (AvgIpc) is 2.41. The highest BCUT2D eigenvalue weighted by molar-refractivity contribution is 6.45. The van der Waals surface area contributed by atoms with Crippen molar-refractivity contribution in [3.05, 3.63) is 59.8 Å². The van der Waals surface area contributed by atoms with Crippen molar-refractivity contribution in [3.63, 3.8) is 0 Å². The Morgan fingerprint density at radius 1 is 1.40 bits per heavy atom. The molecular weight excluding hydrogens is 178 g/mol. The molecule has 0 nitrogen and oxygen atoms in total. The Balaban J connectivity index is 2.56. The van der Waals surface area contributed by atoms with Gasteiger partial charge in [0.1, 0.15) is 15.7 Å². The number of allylic oxidation sites excluding steroid dienone is 8. The molecule has 15 heavy (non-hydrogen) atoms. The largest absolute Gasteiger partial charge is 0.110 e. The van der Waals surface area contributed by atoms with Crippen molar-refractivity contribution in [1.29, 1.82) is 0 Å². The lowest BCUT2D eigenvalue weighted by molar-refractivity contribution is 0.892. The van der Waals surface area contributed by atoms with Crippen LogP contribution in [0.5, 0.6) is 0 Å². The van der Waals surface area contributed by atoms with Gasteiger partial charge in [-0.2, -0.15) is 0 Å². The second kappa shape index (κ2) is 3.44. The minimum absolute atomic E-state index is 0.144. The van der Waals surface area contributed by atoms with Crippen LogP contribution >= 0.6 is 0 Å². The average molecular weight is 194 g/mol. The molecule has 2 rings (SSSR count). The quantitative estimate of drug-likeness (QED) is 0.557. The maximum absolute atomic E-state index is 4.21. The third kappa shape index (κ3) is 1.40. The van der Waals surface area contributed by atoms with E-state index in [1.165, 1.54) is 23.1 Å². The van der Waals surface area contributed by atoms with Gasteiger partial charge in [-0.15, -0.1) is 0 Å². The van der Waals surface area contributed by atoms with Gasteiger partial charge >= 0.3 is 0 Å². The molecule has 0 aromatic rings. The van der Waals surface area contributed by atoms with Crippen LogP contribution in [0.4, 0.5) is 0 Å². The van der Waals surface area contributed by atoms with Gasteiger partial charge in [-0.05, 0) is 34.8 Å². The summed E-state index contributed by atoms with van der Waals surface area (Å²) in [6.07, 6.45) is 10.8. The van der Waals surface area contributed by atoms with Crippen molar-refractivity contribution in [1.82, 2.24) is 0 Å². The van der Waals surface area contributed by atoms with E-state index in [-0.39, 0.29) is 5.21 Å². The van der Waals surface area contributed by atoms with E-state index >= 15 is 0 Å². The summed E-state index contributed by atoms with van der Waals surface area (Å²) >= 11 is 0. The Hall–Kier alpha value is -1.17. The molecule has 0 unspecified atom stereocenters. The molecule has 0 amide bonds. The maximum Gasteiger partial charge on any atom is 0.110 e. The smallest absolute Gasteiger partial charge is 0.0991 e. The molecule has 2 heteroatoms. The predicted molar refractivity (Wildman–Crippen MR) is 72.6 cm³/mol. The van der Waals surface area contributed by atoms with Crippen LogP contribution in [0.3, 0.4) is 0 Å². The van der Waals surface area contributed by atoms with Crippen LogP contribution in [-0.4, -0.2) is 15.7 Å². The zero-order valence-electron chi connectivity index (χ0n) is 9.64. The molecular formula is C13H16B2. The summed E-state index contributed by atoms with van der Waals surface area (Å²) in [5, 5.41) is 0.144. The van der Waals surface area contributed by atoms with E-state index in [0.717, 1.165) is 6.42 Å². The number of hydrogen-bond donors (Lipinski definition) is 0. The van der Waals surface area contributed by atoms with Crippen molar-refractivity contribution in [2.24, 2.45) is 0 Å². The molecule has 0 N–H and O–H groups in total. The van der Waals surface area contributed by atoms with E-state index in [1.807, 2.05) is 6.08 Å². The molecule has 2 aliphatic rings. The summed E-state index contributed by atoms with van der Waals surface area (Å²) in [4.78, 5) is 0. The first kappa shape index (κ1) is 10.4. The fraction of sp³-hybridized carbons (Fsp3) is 0.231.